The molecular formula is C18H28N2O3S2. The van der Waals surface area contributed by atoms with Crippen molar-refractivity contribution in [2.24, 2.45) is 5.92 Å². The summed E-state index contributed by atoms with van der Waals surface area (Å²) in [5.74, 6) is -0.0352. The molecule has 0 saturated carbocycles. The topological polar surface area (TPSA) is 66.5 Å². The molecule has 1 aliphatic rings. The van der Waals surface area contributed by atoms with Crippen molar-refractivity contribution in [2.75, 3.05) is 19.3 Å². The van der Waals surface area contributed by atoms with E-state index in [4.69, 9.17) is 0 Å². The Kier molecular flexibility index (Phi) is 7.34. The fourth-order valence-electron chi connectivity index (χ4n) is 3.12. The van der Waals surface area contributed by atoms with Gasteiger partial charge in [0.15, 0.2) is 0 Å². The Bertz CT molecular complexity index is 666. The Morgan fingerprint density at radius 1 is 1.28 bits per heavy atom. The van der Waals surface area contributed by atoms with E-state index in [2.05, 4.69) is 12.2 Å². The van der Waals surface area contributed by atoms with Crippen LogP contribution in [0.15, 0.2) is 34.1 Å². The zero-order chi connectivity index (χ0) is 18.4. The first-order valence-corrected chi connectivity index (χ1v) is 11.5. The van der Waals surface area contributed by atoms with Crippen LogP contribution in [0.2, 0.25) is 0 Å². The molecule has 0 spiro atoms. The van der Waals surface area contributed by atoms with Crippen LogP contribution in [-0.4, -0.2) is 44.0 Å². The van der Waals surface area contributed by atoms with E-state index in [1.807, 2.05) is 25.3 Å². The molecule has 1 saturated heterocycles. The van der Waals surface area contributed by atoms with Crippen molar-refractivity contribution in [3.63, 3.8) is 0 Å². The first kappa shape index (κ1) is 20.3. The van der Waals surface area contributed by atoms with Crippen molar-refractivity contribution < 1.29 is 13.2 Å². The number of amides is 1. The molecule has 1 aromatic carbocycles. The lowest BCUT2D eigenvalue weighted by Gasteiger charge is -2.31. The molecule has 1 fully saturated rings. The summed E-state index contributed by atoms with van der Waals surface area (Å²) in [6, 6.07) is 7.15. The maximum atomic E-state index is 12.7. The summed E-state index contributed by atoms with van der Waals surface area (Å²) in [4.78, 5) is 13.7. The van der Waals surface area contributed by atoms with E-state index < -0.39 is 10.0 Å². The molecule has 1 aliphatic heterocycles. The maximum absolute atomic E-state index is 12.7. The van der Waals surface area contributed by atoms with Crippen molar-refractivity contribution in [1.29, 1.82) is 0 Å². The molecule has 0 radical (unpaired) electrons. The van der Waals surface area contributed by atoms with Crippen LogP contribution in [0.5, 0.6) is 0 Å². The lowest BCUT2D eigenvalue weighted by molar-refractivity contribution is -0.126. The second-order valence-electron chi connectivity index (χ2n) is 6.55. The largest absolute Gasteiger partial charge is 0.353 e. The Labute approximate surface area is 155 Å². The third-order valence-electron chi connectivity index (χ3n) is 4.63. The Balaban J connectivity index is 1.95. The lowest BCUT2D eigenvalue weighted by Crippen LogP contribution is -2.44. The normalized spacial score (nSPS) is 18.0. The van der Waals surface area contributed by atoms with Crippen LogP contribution < -0.4 is 5.32 Å². The number of piperidine rings is 1. The number of sulfonamides is 1. The number of nitrogens with one attached hydrogen (secondary N) is 1. The summed E-state index contributed by atoms with van der Waals surface area (Å²) < 4.78 is 27.0. The highest BCUT2D eigenvalue weighted by Gasteiger charge is 2.32. The molecule has 2 rings (SSSR count). The van der Waals surface area contributed by atoms with Crippen LogP contribution in [-0.2, 0) is 14.8 Å². The predicted molar refractivity (Wildman–Crippen MR) is 102 cm³/mol. The molecule has 1 atom stereocenters. The Morgan fingerprint density at radius 2 is 1.88 bits per heavy atom. The highest BCUT2D eigenvalue weighted by Crippen LogP contribution is 2.25. The molecule has 1 amide bonds. The minimum Gasteiger partial charge on any atom is -0.353 e. The number of benzene rings is 1. The molecule has 0 unspecified atom stereocenters. The molecular weight excluding hydrogens is 356 g/mol. The van der Waals surface area contributed by atoms with E-state index in [1.165, 1.54) is 4.31 Å². The minimum atomic E-state index is -3.48. The van der Waals surface area contributed by atoms with Gasteiger partial charge in [-0.1, -0.05) is 13.3 Å². The van der Waals surface area contributed by atoms with Crippen LogP contribution in [0.25, 0.3) is 0 Å². The van der Waals surface area contributed by atoms with Gasteiger partial charge in [0.25, 0.3) is 0 Å². The van der Waals surface area contributed by atoms with E-state index in [-0.39, 0.29) is 17.9 Å². The van der Waals surface area contributed by atoms with E-state index in [0.717, 1.165) is 17.7 Å². The van der Waals surface area contributed by atoms with Gasteiger partial charge in [-0.2, -0.15) is 4.31 Å². The number of carbonyl (C=O) groups is 1. The third-order valence-corrected chi connectivity index (χ3v) is 7.29. The highest BCUT2D eigenvalue weighted by atomic mass is 32.2. The van der Waals surface area contributed by atoms with Gasteiger partial charge in [0.05, 0.1) is 4.90 Å². The van der Waals surface area contributed by atoms with Gasteiger partial charge in [0.1, 0.15) is 0 Å². The number of hydrogen-bond acceptors (Lipinski definition) is 4. The first-order valence-electron chi connectivity index (χ1n) is 8.83. The predicted octanol–water partition coefficient (Wildman–Crippen LogP) is 3.11. The second-order valence-corrected chi connectivity index (χ2v) is 9.37. The zero-order valence-corrected chi connectivity index (χ0v) is 16.8. The van der Waals surface area contributed by atoms with Crippen molar-refractivity contribution in [2.45, 2.75) is 55.4 Å². The molecule has 140 valence electrons. The van der Waals surface area contributed by atoms with E-state index in [9.17, 15) is 13.2 Å². The Morgan fingerprint density at radius 3 is 2.40 bits per heavy atom. The third kappa shape index (κ3) is 5.21. The van der Waals surface area contributed by atoms with Gasteiger partial charge in [-0.25, -0.2) is 8.42 Å². The average Bonchev–Trinajstić information content (AvgIpc) is 2.62. The zero-order valence-electron chi connectivity index (χ0n) is 15.2. The standard InChI is InChI=1S/C18H28N2O3S2/c1-4-5-14(2)19-18(21)15-10-12-20(13-11-15)25(22,23)17-8-6-16(24-3)7-9-17/h6-9,14-15H,4-5,10-13H2,1-3H3,(H,19,21)/t14-/m0/s1. The second kappa shape index (κ2) is 9.05. The Hall–Kier alpha value is -1.05. The van der Waals surface area contributed by atoms with Gasteiger partial charge < -0.3 is 5.32 Å². The summed E-state index contributed by atoms with van der Waals surface area (Å²) in [6.45, 7) is 4.90. The maximum Gasteiger partial charge on any atom is 0.243 e. The van der Waals surface area contributed by atoms with E-state index >= 15 is 0 Å². The molecule has 0 aromatic heterocycles. The molecule has 0 bridgehead atoms. The van der Waals surface area contributed by atoms with E-state index in [0.29, 0.717) is 30.8 Å². The SMILES string of the molecule is CCC[C@H](C)NC(=O)C1CCN(S(=O)(=O)c2ccc(SC)cc2)CC1. The summed E-state index contributed by atoms with van der Waals surface area (Å²) >= 11 is 1.58. The van der Waals surface area contributed by atoms with Gasteiger partial charge in [0.2, 0.25) is 15.9 Å². The van der Waals surface area contributed by atoms with Gasteiger partial charge in [-0.05, 0) is 56.7 Å². The van der Waals surface area contributed by atoms with Crippen molar-refractivity contribution in [3.8, 4) is 0 Å². The number of rotatable bonds is 7. The number of thioether (sulfide) groups is 1. The first-order chi connectivity index (χ1) is 11.9. The molecule has 1 heterocycles. The number of hydrogen-bond donors (Lipinski definition) is 1. The molecule has 7 heteroatoms. The quantitative estimate of drug-likeness (QED) is 0.734. The van der Waals surface area contributed by atoms with Crippen LogP contribution in [0.3, 0.4) is 0 Å². The fraction of sp³-hybridized carbons (Fsp3) is 0.611. The van der Waals surface area contributed by atoms with Crippen molar-refractivity contribution in [1.82, 2.24) is 9.62 Å². The smallest absolute Gasteiger partial charge is 0.243 e. The van der Waals surface area contributed by atoms with Gasteiger partial charge in [-0.3, -0.25) is 4.79 Å². The van der Waals surface area contributed by atoms with Crippen molar-refractivity contribution in [3.05, 3.63) is 24.3 Å². The number of nitrogens with zero attached hydrogens (tertiary/aromatic N) is 1. The summed E-state index contributed by atoms with van der Waals surface area (Å²) in [5.41, 5.74) is 0. The molecule has 1 aromatic rings. The van der Waals surface area contributed by atoms with Crippen LogP contribution >= 0.6 is 11.8 Å². The van der Waals surface area contributed by atoms with Crippen LogP contribution in [0, 0.1) is 5.92 Å². The molecule has 1 N–H and O–H groups in total. The molecule has 25 heavy (non-hydrogen) atoms. The van der Waals surface area contributed by atoms with Gasteiger partial charge in [-0.15, -0.1) is 11.8 Å². The summed E-state index contributed by atoms with van der Waals surface area (Å²) in [5, 5.41) is 3.04. The summed E-state index contributed by atoms with van der Waals surface area (Å²) in [7, 11) is -3.48. The fourth-order valence-corrected chi connectivity index (χ4v) is 5.00. The molecule has 0 aliphatic carbocycles. The average molecular weight is 385 g/mol. The molecule has 5 nitrogen and oxygen atoms in total. The lowest BCUT2D eigenvalue weighted by atomic mass is 9.96. The highest BCUT2D eigenvalue weighted by molar-refractivity contribution is 7.98. The monoisotopic (exact) mass is 384 g/mol. The minimum absolute atomic E-state index is 0.0577. The van der Waals surface area contributed by atoms with E-state index in [1.54, 1.807) is 23.9 Å². The van der Waals surface area contributed by atoms with Gasteiger partial charge in [0, 0.05) is 29.9 Å². The van der Waals surface area contributed by atoms with Crippen LogP contribution in [0.4, 0.5) is 0 Å². The van der Waals surface area contributed by atoms with Crippen molar-refractivity contribution >= 4 is 27.7 Å². The summed E-state index contributed by atoms with van der Waals surface area (Å²) in [6.07, 6.45) is 5.11. The van der Waals surface area contributed by atoms with Crippen LogP contribution in [0.1, 0.15) is 39.5 Å². The van der Waals surface area contributed by atoms with Gasteiger partial charge >= 0.3 is 0 Å². The number of carbonyl (C=O) groups excluding carboxylic acids is 1.